The fourth-order valence-corrected chi connectivity index (χ4v) is 4.82. The third-order valence-corrected chi connectivity index (χ3v) is 6.09. The smallest absolute Gasteiger partial charge is 0.332 e. The normalized spacial score (nSPS) is 26.8. The van der Waals surface area contributed by atoms with E-state index in [2.05, 4.69) is 5.16 Å². The molecular formula is C22H21NO8S. The molecule has 9 nitrogen and oxygen atoms in total. The van der Waals surface area contributed by atoms with Crippen molar-refractivity contribution in [3.8, 4) is 0 Å². The van der Waals surface area contributed by atoms with Gasteiger partial charge in [-0.2, -0.15) is 0 Å². The lowest BCUT2D eigenvalue weighted by Gasteiger charge is -2.43. The number of fused-ring (bicyclic) bond motifs is 1. The SMILES string of the molecule is CC(=O)O[C@@H]1[C@@H](OC(C)=O)[C@@]2(OC[C@H]1OC(C)=O)ON=C(c1cccc3ccccc13)S2. The van der Waals surface area contributed by atoms with Crippen molar-refractivity contribution in [1.82, 2.24) is 0 Å². The quantitative estimate of drug-likeness (QED) is 0.503. The number of nitrogens with zero attached hydrogens (tertiary/aromatic N) is 1. The molecule has 0 aliphatic carbocycles. The van der Waals surface area contributed by atoms with Gasteiger partial charge in [-0.1, -0.05) is 47.6 Å². The third-order valence-electron chi connectivity index (χ3n) is 4.89. The van der Waals surface area contributed by atoms with Crippen LogP contribution in [0.15, 0.2) is 47.6 Å². The second-order valence-corrected chi connectivity index (χ2v) is 8.44. The Morgan fingerprint density at radius 2 is 1.66 bits per heavy atom. The fraction of sp³-hybridized carbons (Fsp3) is 0.364. The number of benzene rings is 2. The zero-order valence-corrected chi connectivity index (χ0v) is 18.4. The average Bonchev–Trinajstić information content (AvgIpc) is 3.16. The van der Waals surface area contributed by atoms with Gasteiger partial charge in [0.15, 0.2) is 12.2 Å². The Hall–Kier alpha value is -3.11. The van der Waals surface area contributed by atoms with Crippen LogP contribution in [0.4, 0.5) is 0 Å². The molecule has 10 heteroatoms. The Bertz CT molecular complexity index is 1100. The van der Waals surface area contributed by atoms with Crippen molar-refractivity contribution < 1.29 is 38.2 Å². The van der Waals surface area contributed by atoms with Crippen molar-refractivity contribution in [1.29, 1.82) is 0 Å². The van der Waals surface area contributed by atoms with Crippen LogP contribution in [0.5, 0.6) is 0 Å². The van der Waals surface area contributed by atoms with Crippen LogP contribution in [-0.2, 0) is 38.2 Å². The first-order chi connectivity index (χ1) is 15.3. The second-order valence-electron chi connectivity index (χ2n) is 7.28. The summed E-state index contributed by atoms with van der Waals surface area (Å²) in [5.74, 6) is -1.89. The summed E-state index contributed by atoms with van der Waals surface area (Å²) in [6.07, 6.45) is -3.39. The molecule has 2 aliphatic heterocycles. The first-order valence-electron chi connectivity index (χ1n) is 9.88. The molecule has 2 aliphatic rings. The van der Waals surface area contributed by atoms with Crippen LogP contribution in [0.25, 0.3) is 10.8 Å². The highest BCUT2D eigenvalue weighted by Gasteiger charge is 2.62. The van der Waals surface area contributed by atoms with Crippen LogP contribution < -0.4 is 0 Å². The maximum absolute atomic E-state index is 11.9. The van der Waals surface area contributed by atoms with Gasteiger partial charge >= 0.3 is 23.0 Å². The third kappa shape index (κ3) is 4.28. The summed E-state index contributed by atoms with van der Waals surface area (Å²) < 4.78 is 22.0. The van der Waals surface area contributed by atoms with Crippen molar-refractivity contribution in [2.45, 2.75) is 44.2 Å². The van der Waals surface area contributed by atoms with E-state index in [1.54, 1.807) is 0 Å². The predicted octanol–water partition coefficient (Wildman–Crippen LogP) is 2.74. The molecule has 0 amide bonds. The Kier molecular flexibility index (Phi) is 6.07. The molecule has 0 saturated carbocycles. The molecule has 168 valence electrons. The van der Waals surface area contributed by atoms with E-state index in [1.165, 1.54) is 20.8 Å². The lowest BCUT2D eigenvalue weighted by molar-refractivity contribution is -0.296. The Morgan fingerprint density at radius 3 is 2.38 bits per heavy atom. The standard InChI is InChI=1S/C22H21NO8S/c1-12(24)28-18-11-27-22(20(30-14(3)26)19(18)29-13(2)25)31-23-21(32-22)17-10-6-8-15-7-4-5-9-16(15)17/h4-10,18-20H,11H2,1-3H3/t18-,19+,20-,22-/m1/s1. The summed E-state index contributed by atoms with van der Waals surface area (Å²) in [5, 5.41) is 5.07. The second kappa shape index (κ2) is 8.79. The number of thioether (sulfide) groups is 1. The molecule has 0 bridgehead atoms. The highest BCUT2D eigenvalue weighted by Crippen LogP contribution is 2.47. The van der Waals surface area contributed by atoms with Gasteiger partial charge in [-0.15, -0.1) is 0 Å². The molecule has 1 saturated heterocycles. The monoisotopic (exact) mass is 459 g/mol. The topological polar surface area (TPSA) is 110 Å². The highest BCUT2D eigenvalue weighted by atomic mass is 32.2. The van der Waals surface area contributed by atoms with Gasteiger partial charge in [0.2, 0.25) is 6.10 Å². The highest BCUT2D eigenvalue weighted by molar-refractivity contribution is 8.15. The van der Waals surface area contributed by atoms with Crippen molar-refractivity contribution in [3.63, 3.8) is 0 Å². The van der Waals surface area contributed by atoms with E-state index in [1.807, 2.05) is 42.5 Å². The van der Waals surface area contributed by atoms with Gasteiger partial charge in [-0.3, -0.25) is 14.4 Å². The molecule has 32 heavy (non-hydrogen) atoms. The van der Waals surface area contributed by atoms with Crippen molar-refractivity contribution in [2.75, 3.05) is 6.61 Å². The number of ether oxygens (including phenoxy) is 4. The zero-order chi connectivity index (χ0) is 22.9. The lowest BCUT2D eigenvalue weighted by atomic mass is 10.0. The van der Waals surface area contributed by atoms with Crippen LogP contribution in [0.2, 0.25) is 0 Å². The molecule has 2 aromatic carbocycles. The van der Waals surface area contributed by atoms with E-state index < -0.39 is 41.3 Å². The number of hydrogen-bond donors (Lipinski definition) is 0. The van der Waals surface area contributed by atoms with Gasteiger partial charge in [0.05, 0.1) is 6.61 Å². The molecule has 2 aromatic rings. The molecule has 0 radical (unpaired) electrons. The minimum absolute atomic E-state index is 0.152. The van der Waals surface area contributed by atoms with Gasteiger partial charge in [0.1, 0.15) is 5.04 Å². The summed E-state index contributed by atoms with van der Waals surface area (Å²) in [6, 6.07) is 13.6. The molecule has 2 heterocycles. The van der Waals surface area contributed by atoms with E-state index in [4.69, 9.17) is 23.8 Å². The largest absolute Gasteiger partial charge is 0.456 e. The molecule has 1 spiro atoms. The van der Waals surface area contributed by atoms with Crippen LogP contribution >= 0.6 is 11.8 Å². The van der Waals surface area contributed by atoms with Gasteiger partial charge in [0.25, 0.3) is 0 Å². The van der Waals surface area contributed by atoms with Gasteiger partial charge in [-0.25, -0.2) is 0 Å². The summed E-state index contributed by atoms with van der Waals surface area (Å²) in [4.78, 5) is 41.0. The number of oxime groups is 1. The van der Waals surface area contributed by atoms with Gasteiger partial charge in [-0.05, 0) is 22.5 Å². The summed E-state index contributed by atoms with van der Waals surface area (Å²) in [5.41, 5.74) is 0.807. The number of hydrogen-bond acceptors (Lipinski definition) is 10. The minimum atomic E-state index is -1.62. The first-order valence-corrected chi connectivity index (χ1v) is 10.7. The molecule has 1 fully saturated rings. The van der Waals surface area contributed by atoms with Gasteiger partial charge < -0.3 is 23.8 Å². The Morgan fingerprint density at radius 1 is 0.969 bits per heavy atom. The number of esters is 3. The molecule has 0 unspecified atom stereocenters. The average molecular weight is 459 g/mol. The lowest BCUT2D eigenvalue weighted by Crippen LogP contribution is -2.62. The fourth-order valence-electron chi connectivity index (χ4n) is 3.69. The van der Waals surface area contributed by atoms with E-state index in [-0.39, 0.29) is 6.61 Å². The minimum Gasteiger partial charge on any atom is -0.456 e. The molecule has 0 aromatic heterocycles. The van der Waals surface area contributed by atoms with Gasteiger partial charge in [0, 0.05) is 26.3 Å². The van der Waals surface area contributed by atoms with Crippen LogP contribution in [-0.4, -0.2) is 53.0 Å². The molecule has 4 atom stereocenters. The van der Waals surface area contributed by atoms with E-state index >= 15 is 0 Å². The van der Waals surface area contributed by atoms with Crippen LogP contribution in [0.1, 0.15) is 26.3 Å². The number of rotatable bonds is 4. The Balaban J connectivity index is 1.69. The van der Waals surface area contributed by atoms with Crippen LogP contribution in [0.3, 0.4) is 0 Å². The predicted molar refractivity (Wildman–Crippen MR) is 115 cm³/mol. The number of carbonyl (C=O) groups is 3. The van der Waals surface area contributed by atoms with E-state index in [9.17, 15) is 14.4 Å². The summed E-state index contributed by atoms with van der Waals surface area (Å²) in [7, 11) is 0. The summed E-state index contributed by atoms with van der Waals surface area (Å²) in [6.45, 7) is 3.48. The first kappa shape index (κ1) is 22.1. The summed E-state index contributed by atoms with van der Waals surface area (Å²) >= 11 is 1.10. The number of carbonyl (C=O) groups excluding carboxylic acids is 3. The maximum atomic E-state index is 11.9. The van der Waals surface area contributed by atoms with Crippen molar-refractivity contribution in [2.24, 2.45) is 5.16 Å². The van der Waals surface area contributed by atoms with E-state index in [0.29, 0.717) is 5.04 Å². The zero-order valence-electron chi connectivity index (χ0n) is 17.6. The van der Waals surface area contributed by atoms with Crippen molar-refractivity contribution >= 4 is 45.5 Å². The molecular weight excluding hydrogens is 438 g/mol. The van der Waals surface area contributed by atoms with E-state index in [0.717, 1.165) is 28.1 Å². The molecule has 0 N–H and O–H groups in total. The van der Waals surface area contributed by atoms with Crippen molar-refractivity contribution in [3.05, 3.63) is 48.0 Å². The molecule has 4 rings (SSSR count). The maximum Gasteiger partial charge on any atom is 0.332 e. The Labute approximate surface area is 188 Å². The van der Waals surface area contributed by atoms with Crippen LogP contribution in [0, 0.1) is 0 Å².